The summed E-state index contributed by atoms with van der Waals surface area (Å²) in [7, 11) is 0. The number of aliphatic hydroxyl groups is 1. The smallest absolute Gasteiger partial charge is 0.304 e. The first kappa shape index (κ1) is 17.1. The average molecular weight is 292 g/mol. The molecule has 1 aromatic carbocycles. The molecule has 0 spiro atoms. The fourth-order valence-electron chi connectivity index (χ4n) is 1.89. The minimum absolute atomic E-state index is 0.0353. The minimum atomic E-state index is -0.857. The summed E-state index contributed by atoms with van der Waals surface area (Å²) in [5, 5.41) is 26.5. The highest BCUT2D eigenvalue weighted by molar-refractivity contribution is 5.66. The van der Waals surface area contributed by atoms with Crippen molar-refractivity contribution < 1.29 is 19.7 Å². The molecular weight excluding hydrogens is 272 g/mol. The van der Waals surface area contributed by atoms with Gasteiger partial charge in [-0.3, -0.25) is 9.69 Å². The second kappa shape index (κ2) is 9.88. The van der Waals surface area contributed by atoms with Crippen LogP contribution in [0.3, 0.4) is 0 Å². The Bertz CT molecular complexity index is 485. The Labute approximate surface area is 124 Å². The summed E-state index contributed by atoms with van der Waals surface area (Å²) in [5.41, 5.74) is 1.46. The Balaban J connectivity index is 2.62. The Morgan fingerprint density at radius 1 is 1.29 bits per heavy atom. The van der Waals surface area contributed by atoms with Crippen LogP contribution in [0.1, 0.15) is 17.5 Å². The normalized spacial score (nSPS) is 10.5. The summed E-state index contributed by atoms with van der Waals surface area (Å²) in [5.74, 6) is -0.857. The molecule has 0 unspecified atom stereocenters. The maximum atomic E-state index is 10.7. The molecular formula is C15H20N2O4. The van der Waals surface area contributed by atoms with Gasteiger partial charge in [-0.2, -0.15) is 5.26 Å². The van der Waals surface area contributed by atoms with Crippen LogP contribution in [0.25, 0.3) is 0 Å². The summed E-state index contributed by atoms with van der Waals surface area (Å²) in [6.45, 7) is 2.08. The van der Waals surface area contributed by atoms with Crippen LogP contribution in [0.2, 0.25) is 0 Å². The summed E-state index contributed by atoms with van der Waals surface area (Å²) in [6.07, 6.45) is 0.0364. The van der Waals surface area contributed by atoms with Gasteiger partial charge in [0.2, 0.25) is 0 Å². The number of hydrogen-bond donors (Lipinski definition) is 2. The van der Waals surface area contributed by atoms with Crippen molar-refractivity contribution in [1.29, 1.82) is 5.26 Å². The van der Waals surface area contributed by atoms with Crippen molar-refractivity contribution in [2.75, 3.05) is 32.9 Å². The van der Waals surface area contributed by atoms with Gasteiger partial charge in [0, 0.05) is 19.6 Å². The molecule has 2 N–H and O–H groups in total. The van der Waals surface area contributed by atoms with E-state index in [1.807, 2.05) is 17.0 Å². The predicted octanol–water partition coefficient (Wildman–Crippen LogP) is 0.844. The second-order valence-corrected chi connectivity index (χ2v) is 4.52. The molecule has 0 atom stereocenters. The standard InChI is InChI=1S/C15H20N2O4/c16-11-13-3-1-2-4-14(13)12-17(6-5-15(19)20)7-9-21-10-8-18/h1-4,18H,5-10,12H2,(H,19,20). The van der Waals surface area contributed by atoms with E-state index in [0.29, 0.717) is 31.8 Å². The number of nitriles is 1. The molecule has 114 valence electrons. The number of nitrogens with zero attached hydrogens (tertiary/aromatic N) is 2. The van der Waals surface area contributed by atoms with Crippen LogP contribution >= 0.6 is 0 Å². The van der Waals surface area contributed by atoms with Gasteiger partial charge in [0.15, 0.2) is 0 Å². The zero-order valence-electron chi connectivity index (χ0n) is 11.9. The van der Waals surface area contributed by atoms with Crippen molar-refractivity contribution in [2.24, 2.45) is 0 Å². The average Bonchev–Trinajstić information content (AvgIpc) is 2.49. The quantitative estimate of drug-likeness (QED) is 0.621. The third-order valence-electron chi connectivity index (χ3n) is 2.96. The van der Waals surface area contributed by atoms with Gasteiger partial charge in [-0.15, -0.1) is 0 Å². The fourth-order valence-corrected chi connectivity index (χ4v) is 1.89. The topological polar surface area (TPSA) is 93.8 Å². The van der Waals surface area contributed by atoms with E-state index in [-0.39, 0.29) is 19.6 Å². The van der Waals surface area contributed by atoms with E-state index in [1.54, 1.807) is 12.1 Å². The van der Waals surface area contributed by atoms with Gasteiger partial charge in [-0.25, -0.2) is 0 Å². The summed E-state index contributed by atoms with van der Waals surface area (Å²) >= 11 is 0. The molecule has 21 heavy (non-hydrogen) atoms. The molecule has 0 amide bonds. The third kappa shape index (κ3) is 6.86. The van der Waals surface area contributed by atoms with E-state index >= 15 is 0 Å². The molecule has 0 radical (unpaired) electrons. The van der Waals surface area contributed by atoms with Crippen molar-refractivity contribution in [1.82, 2.24) is 4.90 Å². The molecule has 6 nitrogen and oxygen atoms in total. The molecule has 6 heteroatoms. The van der Waals surface area contributed by atoms with E-state index in [2.05, 4.69) is 6.07 Å². The highest BCUT2D eigenvalue weighted by Crippen LogP contribution is 2.11. The maximum Gasteiger partial charge on any atom is 0.304 e. The number of ether oxygens (including phenoxy) is 1. The predicted molar refractivity (Wildman–Crippen MR) is 76.6 cm³/mol. The monoisotopic (exact) mass is 292 g/mol. The van der Waals surface area contributed by atoms with E-state index in [4.69, 9.17) is 20.2 Å². The Hall–Kier alpha value is -1.94. The van der Waals surface area contributed by atoms with E-state index in [1.165, 1.54) is 0 Å². The number of hydrogen-bond acceptors (Lipinski definition) is 5. The first-order valence-electron chi connectivity index (χ1n) is 6.78. The van der Waals surface area contributed by atoms with Crippen LogP contribution in [-0.2, 0) is 16.1 Å². The molecule has 0 aromatic heterocycles. The van der Waals surface area contributed by atoms with E-state index in [0.717, 1.165) is 5.56 Å². The van der Waals surface area contributed by atoms with Crippen molar-refractivity contribution in [3.05, 3.63) is 35.4 Å². The van der Waals surface area contributed by atoms with Crippen molar-refractivity contribution >= 4 is 5.97 Å². The molecule has 0 saturated heterocycles. The molecule has 1 rings (SSSR count). The van der Waals surface area contributed by atoms with Crippen LogP contribution in [0, 0.1) is 11.3 Å². The molecule has 0 bridgehead atoms. The van der Waals surface area contributed by atoms with E-state index < -0.39 is 5.97 Å². The lowest BCUT2D eigenvalue weighted by Gasteiger charge is -2.22. The second-order valence-electron chi connectivity index (χ2n) is 4.52. The highest BCUT2D eigenvalue weighted by atomic mass is 16.5. The largest absolute Gasteiger partial charge is 0.481 e. The zero-order chi connectivity index (χ0) is 15.5. The van der Waals surface area contributed by atoms with Gasteiger partial charge in [-0.05, 0) is 11.6 Å². The third-order valence-corrected chi connectivity index (χ3v) is 2.96. The van der Waals surface area contributed by atoms with Crippen LogP contribution in [-0.4, -0.2) is 54.0 Å². The zero-order valence-corrected chi connectivity index (χ0v) is 11.9. The number of carboxylic acid groups (broad SMARTS) is 1. The minimum Gasteiger partial charge on any atom is -0.481 e. The number of benzene rings is 1. The first-order chi connectivity index (χ1) is 10.2. The fraction of sp³-hybridized carbons (Fsp3) is 0.467. The molecule has 0 saturated carbocycles. The van der Waals surface area contributed by atoms with Gasteiger partial charge in [0.25, 0.3) is 0 Å². The number of aliphatic carboxylic acids is 1. The van der Waals surface area contributed by atoms with Gasteiger partial charge in [-0.1, -0.05) is 18.2 Å². The van der Waals surface area contributed by atoms with Gasteiger partial charge < -0.3 is 14.9 Å². The SMILES string of the molecule is N#Cc1ccccc1CN(CCOCCO)CCC(=O)O. The van der Waals surface area contributed by atoms with Crippen molar-refractivity contribution in [2.45, 2.75) is 13.0 Å². The van der Waals surface area contributed by atoms with Gasteiger partial charge in [0.05, 0.1) is 37.9 Å². The Morgan fingerprint density at radius 3 is 2.71 bits per heavy atom. The molecule has 0 fully saturated rings. The first-order valence-corrected chi connectivity index (χ1v) is 6.78. The van der Waals surface area contributed by atoms with E-state index in [9.17, 15) is 4.79 Å². The number of rotatable bonds is 10. The van der Waals surface area contributed by atoms with Crippen molar-refractivity contribution in [3.8, 4) is 6.07 Å². The number of carboxylic acids is 1. The number of carbonyl (C=O) groups is 1. The highest BCUT2D eigenvalue weighted by Gasteiger charge is 2.10. The van der Waals surface area contributed by atoms with Crippen LogP contribution in [0.15, 0.2) is 24.3 Å². The summed E-state index contributed by atoms with van der Waals surface area (Å²) in [6, 6.07) is 9.39. The molecule has 0 aliphatic rings. The van der Waals surface area contributed by atoms with Crippen LogP contribution < -0.4 is 0 Å². The van der Waals surface area contributed by atoms with Crippen molar-refractivity contribution in [3.63, 3.8) is 0 Å². The lowest BCUT2D eigenvalue weighted by Crippen LogP contribution is -2.30. The lowest BCUT2D eigenvalue weighted by atomic mass is 10.1. The molecule has 0 aliphatic carbocycles. The summed E-state index contributed by atoms with van der Waals surface area (Å²) < 4.78 is 5.21. The molecule has 0 aliphatic heterocycles. The van der Waals surface area contributed by atoms with Gasteiger partial charge >= 0.3 is 5.97 Å². The Kier molecular flexibility index (Phi) is 8.05. The van der Waals surface area contributed by atoms with Gasteiger partial charge in [0.1, 0.15) is 0 Å². The summed E-state index contributed by atoms with van der Waals surface area (Å²) in [4.78, 5) is 12.6. The Morgan fingerprint density at radius 2 is 2.05 bits per heavy atom. The lowest BCUT2D eigenvalue weighted by molar-refractivity contribution is -0.137. The number of aliphatic hydroxyl groups excluding tert-OH is 1. The maximum absolute atomic E-state index is 10.7. The molecule has 1 aromatic rings. The molecule has 0 heterocycles. The van der Waals surface area contributed by atoms with Crippen LogP contribution in [0.4, 0.5) is 0 Å². The van der Waals surface area contributed by atoms with Crippen LogP contribution in [0.5, 0.6) is 0 Å².